The number of hydrogen-bond acceptors (Lipinski definition) is 13. The summed E-state index contributed by atoms with van der Waals surface area (Å²) in [7, 11) is 0. The maximum absolute atomic E-state index is 14.3. The maximum atomic E-state index is 14.3. The van der Waals surface area contributed by atoms with Crippen molar-refractivity contribution in [2.75, 3.05) is 6.61 Å². The van der Waals surface area contributed by atoms with Gasteiger partial charge in [0.25, 0.3) is 11.8 Å². The Bertz CT molecular complexity index is 2670. The molecule has 63 heavy (non-hydrogen) atoms. The number of benzene rings is 2. The van der Waals surface area contributed by atoms with Gasteiger partial charge in [-0.3, -0.25) is 19.2 Å². The number of thiazole rings is 1. The Hall–Kier alpha value is -6.46. The number of amides is 2. The molecule has 2 amide bonds. The lowest BCUT2D eigenvalue weighted by Crippen LogP contribution is -2.54. The summed E-state index contributed by atoms with van der Waals surface area (Å²) >= 11 is 1.57. The number of aliphatic hydroxyl groups is 1. The smallest absolute Gasteiger partial charge is 0.305 e. The molecule has 2 aromatic carbocycles. The van der Waals surface area contributed by atoms with Crippen LogP contribution in [0.2, 0.25) is 0 Å². The summed E-state index contributed by atoms with van der Waals surface area (Å²) in [4.78, 5) is 62.4. The van der Waals surface area contributed by atoms with E-state index in [2.05, 4.69) is 36.0 Å². The SMILES string of the molecule is Cc1ncsc1-c1ccc([C@H](C)NC(=O)[C@@H]2C[C@@H](O)CC2C(=O)C(c2cc(OCC(=O)N[C@@]3(CC(=O)O)CCc4[nH]c5nnc(-c6ccccc6O)cc5c4C3)no2)C(C)C)cc1. The van der Waals surface area contributed by atoms with Crippen LogP contribution < -0.4 is 15.4 Å². The van der Waals surface area contributed by atoms with Crippen LogP contribution in [0.25, 0.3) is 32.7 Å². The van der Waals surface area contributed by atoms with E-state index in [1.54, 1.807) is 41.7 Å². The number of ether oxygens (including phenoxy) is 1. The number of carbonyl (C=O) groups is 4. The molecule has 6 N–H and O–H groups in total. The van der Waals surface area contributed by atoms with Gasteiger partial charge in [0.1, 0.15) is 11.5 Å². The van der Waals surface area contributed by atoms with Gasteiger partial charge in [-0.15, -0.1) is 21.5 Å². The van der Waals surface area contributed by atoms with Gasteiger partial charge in [-0.2, -0.15) is 0 Å². The molecule has 0 aliphatic heterocycles. The Morgan fingerprint density at radius 2 is 1.79 bits per heavy atom. The second-order valence-electron chi connectivity index (χ2n) is 17.1. The summed E-state index contributed by atoms with van der Waals surface area (Å²) in [6.45, 7) is 7.03. The lowest BCUT2D eigenvalue weighted by Gasteiger charge is -2.37. The Morgan fingerprint density at radius 3 is 2.51 bits per heavy atom. The van der Waals surface area contributed by atoms with Crippen molar-refractivity contribution in [1.82, 2.24) is 36.0 Å². The van der Waals surface area contributed by atoms with Gasteiger partial charge in [0.05, 0.1) is 57.7 Å². The molecule has 1 saturated carbocycles. The number of phenolic OH excluding ortho intramolecular Hbond substituents is 1. The van der Waals surface area contributed by atoms with Crippen LogP contribution in [-0.2, 0) is 32.0 Å². The number of Topliss-reactive ketones (excluding diaryl/α,β-unsaturated/α-hetero) is 1. The quantitative estimate of drug-likeness (QED) is 0.0672. The molecule has 0 spiro atoms. The van der Waals surface area contributed by atoms with Crippen molar-refractivity contribution in [3.05, 3.63) is 94.4 Å². The number of rotatable bonds is 15. The number of carbonyl (C=O) groups excluding carboxylic acids is 3. The van der Waals surface area contributed by atoms with Crippen LogP contribution in [0.5, 0.6) is 11.6 Å². The summed E-state index contributed by atoms with van der Waals surface area (Å²) in [5, 5.41) is 50.4. The van der Waals surface area contributed by atoms with Crippen molar-refractivity contribution in [3.63, 3.8) is 0 Å². The van der Waals surface area contributed by atoms with E-state index in [0.717, 1.165) is 33.0 Å². The minimum absolute atomic E-state index is 0.0440. The van der Waals surface area contributed by atoms with Crippen LogP contribution in [0, 0.1) is 24.7 Å². The molecule has 4 aromatic heterocycles. The molecule has 0 saturated heterocycles. The molecule has 16 nitrogen and oxygen atoms in total. The van der Waals surface area contributed by atoms with Crippen LogP contribution in [0.15, 0.2) is 70.7 Å². The highest BCUT2D eigenvalue weighted by molar-refractivity contribution is 7.13. The van der Waals surface area contributed by atoms with Crippen LogP contribution in [0.4, 0.5) is 0 Å². The number of aryl methyl sites for hydroxylation is 2. The molecule has 2 aliphatic rings. The van der Waals surface area contributed by atoms with E-state index in [4.69, 9.17) is 9.26 Å². The third-order valence-electron chi connectivity index (χ3n) is 12.4. The molecule has 1 fully saturated rings. The Kier molecular flexibility index (Phi) is 12.2. The van der Waals surface area contributed by atoms with Gasteiger partial charge in [0.15, 0.2) is 18.0 Å². The van der Waals surface area contributed by atoms with E-state index in [1.165, 1.54) is 6.07 Å². The van der Waals surface area contributed by atoms with Crippen molar-refractivity contribution in [2.45, 2.75) is 89.8 Å². The first-order chi connectivity index (χ1) is 30.2. The number of aliphatic hydroxyl groups excluding tert-OH is 1. The van der Waals surface area contributed by atoms with Gasteiger partial charge in [-0.1, -0.05) is 50.2 Å². The molecular weight excluding hydrogens is 827 g/mol. The number of H-pyrrole nitrogens is 1. The normalized spacial score (nSPS) is 20.6. The molecular formula is C46H49N7O9S. The molecule has 0 radical (unpaired) electrons. The second-order valence-corrected chi connectivity index (χ2v) is 18.0. The highest BCUT2D eigenvalue weighted by Crippen LogP contribution is 2.41. The van der Waals surface area contributed by atoms with E-state index in [9.17, 15) is 34.5 Å². The van der Waals surface area contributed by atoms with E-state index in [0.29, 0.717) is 35.1 Å². The summed E-state index contributed by atoms with van der Waals surface area (Å²) in [5.74, 6) is -4.69. The number of hydrogen-bond donors (Lipinski definition) is 6. The van der Waals surface area contributed by atoms with E-state index in [-0.39, 0.29) is 66.7 Å². The van der Waals surface area contributed by atoms with Gasteiger partial charge < -0.3 is 40.2 Å². The van der Waals surface area contributed by atoms with E-state index >= 15 is 0 Å². The zero-order valence-electron chi connectivity index (χ0n) is 35.3. The van der Waals surface area contributed by atoms with Gasteiger partial charge in [0, 0.05) is 28.6 Å². The van der Waals surface area contributed by atoms with Crippen LogP contribution in [0.1, 0.15) is 86.7 Å². The van der Waals surface area contributed by atoms with Crippen LogP contribution in [0.3, 0.4) is 0 Å². The lowest BCUT2D eigenvalue weighted by atomic mass is 9.77. The first-order valence-electron chi connectivity index (χ1n) is 21.0. The molecule has 2 unspecified atom stereocenters. The highest BCUT2D eigenvalue weighted by atomic mass is 32.1. The number of aromatic amines is 1. The summed E-state index contributed by atoms with van der Waals surface area (Å²) < 4.78 is 11.4. The Balaban J connectivity index is 0.918. The Morgan fingerprint density at radius 1 is 1.03 bits per heavy atom. The summed E-state index contributed by atoms with van der Waals surface area (Å²) in [5.41, 5.74) is 6.65. The van der Waals surface area contributed by atoms with Crippen LogP contribution >= 0.6 is 11.3 Å². The number of carboxylic acid groups (broad SMARTS) is 1. The van der Waals surface area contributed by atoms with E-state index in [1.807, 2.05) is 57.5 Å². The zero-order chi connectivity index (χ0) is 44.6. The number of aromatic nitrogens is 5. The van der Waals surface area contributed by atoms with Crippen molar-refractivity contribution >= 4 is 45.9 Å². The molecule has 0 bridgehead atoms. The zero-order valence-corrected chi connectivity index (χ0v) is 36.1. The van der Waals surface area contributed by atoms with Gasteiger partial charge in [-0.25, -0.2) is 4.98 Å². The third-order valence-corrected chi connectivity index (χ3v) is 13.3. The standard InChI is InChI=1S/C46H49N7O9S/c1-23(2)41(42(59)30-15-28(54)16-32(30)45(60)48-24(3)26-9-11-27(12-10-26)43-25(4)47-22-63-43)37-18-39(53-62-37)61-21-38(56)50-46(20-40(57)58)14-13-34-33(19-46)31-17-35(51-52-44(31)49-34)29-7-5-6-8-36(29)55/h5-12,17-18,22-24,28,30,32,41,54-55H,13-16,19-21H2,1-4H3,(H,48,60)(H,49,52)(H,50,56)(H,57,58)/t24-,28-,30?,32+,41?,46-/m0/s1. The first-order valence-corrected chi connectivity index (χ1v) is 21.9. The number of para-hydroxylation sites is 1. The monoisotopic (exact) mass is 875 g/mol. The number of carboxylic acids is 1. The minimum atomic E-state index is -1.16. The summed E-state index contributed by atoms with van der Waals surface area (Å²) in [6.07, 6.45) is 0.0264. The number of nitrogens with one attached hydrogen (secondary N) is 3. The minimum Gasteiger partial charge on any atom is -0.507 e. The van der Waals surface area contributed by atoms with Crippen molar-refractivity contribution in [1.29, 1.82) is 0 Å². The predicted octanol–water partition coefficient (Wildman–Crippen LogP) is 6.22. The number of fused-ring (bicyclic) bond motifs is 3. The Labute approximate surface area is 366 Å². The van der Waals surface area contributed by atoms with Crippen molar-refractivity contribution < 1.29 is 43.8 Å². The maximum Gasteiger partial charge on any atom is 0.305 e. The lowest BCUT2D eigenvalue weighted by molar-refractivity contribution is -0.139. The largest absolute Gasteiger partial charge is 0.507 e. The topological polar surface area (TPSA) is 243 Å². The average molecular weight is 876 g/mol. The average Bonchev–Trinajstić information content (AvgIpc) is 4.06. The van der Waals surface area contributed by atoms with Crippen molar-refractivity contribution in [2.24, 2.45) is 17.8 Å². The van der Waals surface area contributed by atoms with Gasteiger partial charge >= 0.3 is 5.97 Å². The van der Waals surface area contributed by atoms with Crippen LogP contribution in [-0.4, -0.2) is 82.5 Å². The first kappa shape index (κ1) is 43.2. The number of phenols is 1. The van der Waals surface area contributed by atoms with E-state index < -0.39 is 47.9 Å². The number of nitrogens with zero attached hydrogens (tertiary/aromatic N) is 4. The highest BCUT2D eigenvalue weighted by Gasteiger charge is 2.46. The molecule has 2 aliphatic carbocycles. The number of ketones is 1. The molecule has 8 rings (SSSR count). The molecule has 328 valence electrons. The second kappa shape index (κ2) is 17.7. The van der Waals surface area contributed by atoms with Crippen molar-refractivity contribution in [3.8, 4) is 33.3 Å². The fraction of sp³-hybridized carbons (Fsp3) is 0.391. The predicted molar refractivity (Wildman–Crippen MR) is 232 cm³/mol. The third kappa shape index (κ3) is 9.06. The molecule has 4 heterocycles. The molecule has 17 heteroatoms. The summed E-state index contributed by atoms with van der Waals surface area (Å²) in [6, 6.07) is 17.6. The van der Waals surface area contributed by atoms with Gasteiger partial charge in [-0.05, 0) is 91.9 Å². The molecule has 6 aromatic rings. The number of aliphatic carboxylic acids is 1. The fourth-order valence-electron chi connectivity index (χ4n) is 9.22. The molecule has 6 atom stereocenters. The fourth-order valence-corrected chi connectivity index (χ4v) is 10.0. The van der Waals surface area contributed by atoms with Gasteiger partial charge in [0.2, 0.25) is 5.91 Å². The number of aromatic hydroxyl groups is 1.